The number of rotatable bonds is 6. The van der Waals surface area contributed by atoms with E-state index in [-0.39, 0.29) is 12.4 Å². The van der Waals surface area contributed by atoms with Crippen molar-refractivity contribution in [2.45, 2.75) is 6.10 Å². The van der Waals surface area contributed by atoms with E-state index in [9.17, 15) is 5.11 Å². The fourth-order valence-corrected chi connectivity index (χ4v) is 0.978. The van der Waals surface area contributed by atoms with Crippen molar-refractivity contribution in [2.24, 2.45) is 10.9 Å². The molecular formula is C7H17N3O3. The average molecular weight is 191 g/mol. The summed E-state index contributed by atoms with van der Waals surface area (Å²) in [7, 11) is 3.28. The van der Waals surface area contributed by atoms with E-state index in [1.54, 1.807) is 11.9 Å². The van der Waals surface area contributed by atoms with Gasteiger partial charge in [0, 0.05) is 13.7 Å². The fraction of sp³-hybridized carbons (Fsp3) is 0.857. The van der Waals surface area contributed by atoms with Gasteiger partial charge in [-0.3, -0.25) is 4.90 Å². The van der Waals surface area contributed by atoms with E-state index >= 15 is 0 Å². The van der Waals surface area contributed by atoms with Gasteiger partial charge in [-0.25, -0.2) is 0 Å². The maximum absolute atomic E-state index is 9.30. The molecular weight excluding hydrogens is 174 g/mol. The van der Waals surface area contributed by atoms with Gasteiger partial charge in [0.15, 0.2) is 5.84 Å². The molecule has 0 amide bonds. The molecule has 0 aromatic carbocycles. The highest BCUT2D eigenvalue weighted by Gasteiger charge is 2.08. The molecule has 0 aromatic heterocycles. The summed E-state index contributed by atoms with van der Waals surface area (Å²) in [4.78, 5) is 1.73. The Morgan fingerprint density at radius 3 is 2.77 bits per heavy atom. The summed E-state index contributed by atoms with van der Waals surface area (Å²) in [5.41, 5.74) is 5.27. The maximum atomic E-state index is 9.30. The van der Waals surface area contributed by atoms with Gasteiger partial charge in [-0.2, -0.15) is 0 Å². The van der Waals surface area contributed by atoms with E-state index in [2.05, 4.69) is 5.16 Å². The lowest BCUT2D eigenvalue weighted by molar-refractivity contribution is 0.0459. The largest absolute Gasteiger partial charge is 0.409 e. The van der Waals surface area contributed by atoms with E-state index in [1.165, 1.54) is 7.11 Å². The molecule has 0 fully saturated rings. The van der Waals surface area contributed by atoms with Gasteiger partial charge in [0.2, 0.25) is 0 Å². The van der Waals surface area contributed by atoms with Crippen molar-refractivity contribution in [2.75, 3.05) is 33.9 Å². The van der Waals surface area contributed by atoms with Crippen LogP contribution in [0.1, 0.15) is 0 Å². The zero-order valence-electron chi connectivity index (χ0n) is 7.97. The number of amidine groups is 1. The standard InChI is InChI=1S/C7H17N3O3/c1-10(4-7(8)9-12)3-6(11)5-13-2/h6,11-12H,3-5H2,1-2H3,(H2,8,9). The second kappa shape index (κ2) is 6.64. The summed E-state index contributed by atoms with van der Waals surface area (Å²) in [5.74, 6) is 0.118. The highest BCUT2D eigenvalue weighted by atomic mass is 16.5. The third-order valence-electron chi connectivity index (χ3n) is 1.44. The normalized spacial score (nSPS) is 14.9. The molecule has 0 radical (unpaired) electrons. The van der Waals surface area contributed by atoms with E-state index in [1.807, 2.05) is 0 Å². The second-order valence-corrected chi connectivity index (χ2v) is 2.90. The Morgan fingerprint density at radius 2 is 2.31 bits per heavy atom. The summed E-state index contributed by atoms with van der Waals surface area (Å²) in [6, 6.07) is 0. The minimum absolute atomic E-state index is 0.118. The molecule has 6 nitrogen and oxygen atoms in total. The first kappa shape index (κ1) is 12.2. The van der Waals surface area contributed by atoms with Crippen molar-refractivity contribution in [1.82, 2.24) is 4.90 Å². The smallest absolute Gasteiger partial charge is 0.153 e. The van der Waals surface area contributed by atoms with E-state index < -0.39 is 6.10 Å². The van der Waals surface area contributed by atoms with E-state index in [0.29, 0.717) is 13.1 Å². The van der Waals surface area contributed by atoms with Crippen LogP contribution in [-0.2, 0) is 4.74 Å². The van der Waals surface area contributed by atoms with Crippen LogP contribution in [0.25, 0.3) is 0 Å². The summed E-state index contributed by atoms with van der Waals surface area (Å²) in [6.07, 6.45) is -0.554. The van der Waals surface area contributed by atoms with Crippen LogP contribution in [0.2, 0.25) is 0 Å². The number of nitrogens with two attached hydrogens (primary N) is 1. The van der Waals surface area contributed by atoms with Crippen molar-refractivity contribution < 1.29 is 15.1 Å². The summed E-state index contributed by atoms with van der Waals surface area (Å²) < 4.78 is 4.75. The fourth-order valence-electron chi connectivity index (χ4n) is 0.978. The molecule has 0 heterocycles. The van der Waals surface area contributed by atoms with Gasteiger partial charge in [-0.1, -0.05) is 5.16 Å². The quantitative estimate of drug-likeness (QED) is 0.209. The number of aliphatic hydroxyl groups is 1. The average Bonchev–Trinajstić information content (AvgIpc) is 2.04. The number of hydrogen-bond donors (Lipinski definition) is 3. The Hall–Kier alpha value is -0.850. The van der Waals surface area contributed by atoms with Crippen LogP contribution in [0.15, 0.2) is 5.16 Å². The lowest BCUT2D eigenvalue weighted by Crippen LogP contribution is -2.37. The van der Waals surface area contributed by atoms with Crippen molar-refractivity contribution in [3.8, 4) is 0 Å². The molecule has 78 valence electrons. The van der Waals surface area contributed by atoms with Crippen molar-refractivity contribution in [1.29, 1.82) is 0 Å². The number of likely N-dealkylation sites (N-methyl/N-ethyl adjacent to an activating group) is 1. The van der Waals surface area contributed by atoms with Gasteiger partial charge >= 0.3 is 0 Å². The van der Waals surface area contributed by atoms with Crippen molar-refractivity contribution in [3.05, 3.63) is 0 Å². The van der Waals surface area contributed by atoms with Gasteiger partial charge in [0.1, 0.15) is 0 Å². The van der Waals surface area contributed by atoms with E-state index in [4.69, 9.17) is 15.7 Å². The maximum Gasteiger partial charge on any atom is 0.153 e. The van der Waals surface area contributed by atoms with E-state index in [0.717, 1.165) is 0 Å². The monoisotopic (exact) mass is 191 g/mol. The Labute approximate surface area is 77.6 Å². The number of ether oxygens (including phenoxy) is 1. The van der Waals surface area contributed by atoms with Crippen molar-refractivity contribution in [3.63, 3.8) is 0 Å². The first-order valence-electron chi connectivity index (χ1n) is 3.92. The van der Waals surface area contributed by atoms with Crippen LogP contribution in [-0.4, -0.2) is 61.0 Å². The molecule has 6 heteroatoms. The minimum atomic E-state index is -0.554. The Balaban J connectivity index is 3.67. The first-order chi connectivity index (χ1) is 6.10. The minimum Gasteiger partial charge on any atom is -0.409 e. The Morgan fingerprint density at radius 1 is 1.69 bits per heavy atom. The van der Waals surface area contributed by atoms with Crippen LogP contribution in [0, 0.1) is 0 Å². The van der Waals surface area contributed by atoms with Crippen LogP contribution < -0.4 is 5.73 Å². The predicted molar refractivity (Wildman–Crippen MR) is 48.8 cm³/mol. The zero-order chi connectivity index (χ0) is 10.3. The highest BCUT2D eigenvalue weighted by Crippen LogP contribution is 1.89. The molecule has 0 aliphatic rings. The number of hydrogen-bond acceptors (Lipinski definition) is 5. The molecule has 0 saturated heterocycles. The van der Waals surface area contributed by atoms with Gasteiger partial charge < -0.3 is 20.8 Å². The van der Waals surface area contributed by atoms with Crippen molar-refractivity contribution >= 4 is 5.84 Å². The van der Waals surface area contributed by atoms with Crippen LogP contribution >= 0.6 is 0 Å². The molecule has 0 aromatic rings. The molecule has 4 N–H and O–H groups in total. The SMILES string of the molecule is COCC(O)CN(C)CC(N)=NO. The number of aliphatic hydroxyl groups excluding tert-OH is 1. The lowest BCUT2D eigenvalue weighted by atomic mass is 10.3. The number of oxime groups is 1. The molecule has 0 rings (SSSR count). The molecule has 0 spiro atoms. The molecule has 0 saturated carbocycles. The summed E-state index contributed by atoms with van der Waals surface area (Å²) >= 11 is 0. The summed E-state index contributed by atoms with van der Waals surface area (Å²) in [5, 5.41) is 20.4. The van der Waals surface area contributed by atoms with Crippen LogP contribution in [0.5, 0.6) is 0 Å². The Bertz CT molecular complexity index is 163. The topological polar surface area (TPSA) is 91.3 Å². The second-order valence-electron chi connectivity index (χ2n) is 2.90. The molecule has 13 heavy (non-hydrogen) atoms. The molecule has 0 bridgehead atoms. The third-order valence-corrected chi connectivity index (χ3v) is 1.44. The number of methoxy groups -OCH3 is 1. The molecule has 1 atom stereocenters. The zero-order valence-corrected chi connectivity index (χ0v) is 7.97. The molecule has 0 aliphatic carbocycles. The summed E-state index contributed by atoms with van der Waals surface area (Å²) in [6.45, 7) is 1.02. The highest BCUT2D eigenvalue weighted by molar-refractivity contribution is 5.81. The molecule has 0 aliphatic heterocycles. The predicted octanol–water partition coefficient (Wildman–Crippen LogP) is -1.33. The van der Waals surface area contributed by atoms with Gasteiger partial charge in [0.05, 0.1) is 19.3 Å². The van der Waals surface area contributed by atoms with Gasteiger partial charge in [-0.05, 0) is 7.05 Å². The van der Waals surface area contributed by atoms with Crippen LogP contribution in [0.3, 0.4) is 0 Å². The lowest BCUT2D eigenvalue weighted by Gasteiger charge is -2.18. The van der Waals surface area contributed by atoms with Crippen LogP contribution in [0.4, 0.5) is 0 Å². The van der Waals surface area contributed by atoms with Gasteiger partial charge in [-0.15, -0.1) is 0 Å². The third kappa shape index (κ3) is 6.32. The number of nitrogens with zero attached hydrogens (tertiary/aromatic N) is 2. The Kier molecular flexibility index (Phi) is 6.21. The first-order valence-corrected chi connectivity index (χ1v) is 3.92. The molecule has 1 unspecified atom stereocenters. The van der Waals surface area contributed by atoms with Gasteiger partial charge in [0.25, 0.3) is 0 Å².